The minimum absolute atomic E-state index is 0.361. The molecule has 0 radical (unpaired) electrons. The third-order valence-electron chi connectivity index (χ3n) is 2.74. The molecule has 0 aliphatic rings. The van der Waals surface area contributed by atoms with E-state index in [1.807, 2.05) is 6.07 Å². The average Bonchev–Trinajstić information content (AvgIpc) is 2.74. The smallest absolute Gasteiger partial charge is 0.0931 e. The van der Waals surface area contributed by atoms with Gasteiger partial charge in [0.05, 0.1) is 4.34 Å². The molecule has 1 aromatic heterocycles. The molecule has 2 rings (SSSR count). The fourth-order valence-electron chi connectivity index (χ4n) is 1.94. The monoisotopic (exact) mass is 391 g/mol. The van der Waals surface area contributed by atoms with E-state index in [0.717, 1.165) is 17.3 Å². The molecular weight excluding hydrogens is 377 g/mol. The molecule has 1 aromatic carbocycles. The summed E-state index contributed by atoms with van der Waals surface area (Å²) in [5.41, 5.74) is 1.34. The molecule has 0 fully saturated rings. The van der Waals surface area contributed by atoms with Gasteiger partial charge in [0.25, 0.3) is 0 Å². The SMILES string of the molecule is CCNC(Cc1ccc(Cl)s1)c1cccc(I)c1. The summed E-state index contributed by atoms with van der Waals surface area (Å²) in [4.78, 5) is 1.32. The highest BCUT2D eigenvalue weighted by molar-refractivity contribution is 14.1. The predicted octanol–water partition coefficient (Wildman–Crippen LogP) is 4.90. The van der Waals surface area contributed by atoms with Gasteiger partial charge in [0.1, 0.15) is 0 Å². The van der Waals surface area contributed by atoms with Crippen LogP contribution in [0.25, 0.3) is 0 Å². The number of likely N-dealkylation sites (N-methyl/N-ethyl adjacent to an activating group) is 1. The van der Waals surface area contributed by atoms with Crippen LogP contribution in [0, 0.1) is 3.57 Å². The third kappa shape index (κ3) is 3.95. The van der Waals surface area contributed by atoms with Crippen molar-refractivity contribution in [2.24, 2.45) is 0 Å². The van der Waals surface area contributed by atoms with Crippen LogP contribution in [0.3, 0.4) is 0 Å². The highest BCUT2D eigenvalue weighted by Crippen LogP contribution is 2.27. The van der Waals surface area contributed by atoms with Crippen molar-refractivity contribution < 1.29 is 0 Å². The molecule has 0 bridgehead atoms. The zero-order valence-corrected chi connectivity index (χ0v) is 13.8. The van der Waals surface area contributed by atoms with Gasteiger partial charge in [-0.1, -0.05) is 30.7 Å². The first-order valence-corrected chi connectivity index (χ1v) is 8.19. The highest BCUT2D eigenvalue weighted by Gasteiger charge is 2.12. The first-order chi connectivity index (χ1) is 8.69. The second kappa shape index (κ2) is 6.89. The Balaban J connectivity index is 2.17. The van der Waals surface area contributed by atoms with Gasteiger partial charge in [-0.25, -0.2) is 0 Å². The summed E-state index contributed by atoms with van der Waals surface area (Å²) >= 11 is 10.0. The maximum absolute atomic E-state index is 5.99. The van der Waals surface area contributed by atoms with Gasteiger partial charge in [-0.15, -0.1) is 11.3 Å². The van der Waals surface area contributed by atoms with Crippen molar-refractivity contribution in [2.75, 3.05) is 6.54 Å². The first-order valence-electron chi connectivity index (χ1n) is 5.92. The van der Waals surface area contributed by atoms with Gasteiger partial charge in [-0.05, 0) is 59.0 Å². The number of hydrogen-bond acceptors (Lipinski definition) is 2. The van der Waals surface area contributed by atoms with E-state index >= 15 is 0 Å². The van der Waals surface area contributed by atoms with Crippen LogP contribution in [0.1, 0.15) is 23.4 Å². The molecule has 0 aliphatic carbocycles. The maximum atomic E-state index is 5.99. The predicted molar refractivity (Wildman–Crippen MR) is 88.6 cm³/mol. The zero-order chi connectivity index (χ0) is 13.0. The van der Waals surface area contributed by atoms with E-state index in [1.165, 1.54) is 14.0 Å². The Morgan fingerprint density at radius 3 is 2.78 bits per heavy atom. The van der Waals surface area contributed by atoms with Crippen LogP contribution in [-0.2, 0) is 6.42 Å². The topological polar surface area (TPSA) is 12.0 Å². The van der Waals surface area contributed by atoms with Gasteiger partial charge in [0.2, 0.25) is 0 Å². The van der Waals surface area contributed by atoms with Crippen LogP contribution in [0.5, 0.6) is 0 Å². The summed E-state index contributed by atoms with van der Waals surface area (Å²) in [6.45, 7) is 3.11. The lowest BCUT2D eigenvalue weighted by molar-refractivity contribution is 0.553. The van der Waals surface area contributed by atoms with Gasteiger partial charge in [0, 0.05) is 20.9 Å². The van der Waals surface area contributed by atoms with Gasteiger partial charge in [-0.2, -0.15) is 0 Å². The number of thiophene rings is 1. The molecule has 1 atom stereocenters. The quantitative estimate of drug-likeness (QED) is 0.715. The van der Waals surface area contributed by atoms with Crippen LogP contribution in [0.15, 0.2) is 36.4 Å². The molecule has 1 N–H and O–H groups in total. The van der Waals surface area contributed by atoms with Crippen molar-refractivity contribution in [1.82, 2.24) is 5.32 Å². The van der Waals surface area contributed by atoms with E-state index in [4.69, 9.17) is 11.6 Å². The molecular formula is C14H15ClINS. The average molecular weight is 392 g/mol. The Labute approximate surface area is 131 Å². The highest BCUT2D eigenvalue weighted by atomic mass is 127. The number of benzene rings is 1. The Morgan fingerprint density at radius 1 is 1.33 bits per heavy atom. The second-order valence-electron chi connectivity index (χ2n) is 4.08. The molecule has 0 spiro atoms. The van der Waals surface area contributed by atoms with Gasteiger partial charge >= 0.3 is 0 Å². The molecule has 2 aromatic rings. The van der Waals surface area contributed by atoms with E-state index in [0.29, 0.717) is 6.04 Å². The summed E-state index contributed by atoms with van der Waals surface area (Å²) in [5.74, 6) is 0. The van der Waals surface area contributed by atoms with Crippen LogP contribution < -0.4 is 5.32 Å². The minimum Gasteiger partial charge on any atom is -0.310 e. The number of hydrogen-bond donors (Lipinski definition) is 1. The summed E-state index contributed by atoms with van der Waals surface area (Å²) < 4.78 is 2.14. The lowest BCUT2D eigenvalue weighted by atomic mass is 10.0. The molecule has 1 unspecified atom stereocenters. The third-order valence-corrected chi connectivity index (χ3v) is 4.66. The summed E-state index contributed by atoms with van der Waals surface area (Å²) in [6.07, 6.45) is 0.991. The van der Waals surface area contributed by atoms with E-state index in [1.54, 1.807) is 11.3 Å². The van der Waals surface area contributed by atoms with Crippen molar-refractivity contribution in [3.8, 4) is 0 Å². The Morgan fingerprint density at radius 2 is 2.17 bits per heavy atom. The number of nitrogens with one attached hydrogen (secondary N) is 1. The first kappa shape index (κ1) is 14.3. The fraction of sp³-hybridized carbons (Fsp3) is 0.286. The van der Waals surface area contributed by atoms with Crippen molar-refractivity contribution in [1.29, 1.82) is 0 Å². The molecule has 0 aliphatic heterocycles. The van der Waals surface area contributed by atoms with Crippen molar-refractivity contribution >= 4 is 45.5 Å². The lowest BCUT2D eigenvalue weighted by Gasteiger charge is -2.18. The molecule has 18 heavy (non-hydrogen) atoms. The standard InChI is InChI=1S/C14H15ClINS/c1-2-17-13(9-12-6-7-14(15)18-12)10-4-3-5-11(16)8-10/h3-8,13,17H,2,9H2,1H3. The number of rotatable bonds is 5. The van der Waals surface area contributed by atoms with Crippen LogP contribution in [0.2, 0.25) is 4.34 Å². The van der Waals surface area contributed by atoms with Crippen molar-refractivity contribution in [3.05, 3.63) is 54.7 Å². The molecule has 0 amide bonds. The zero-order valence-electron chi connectivity index (χ0n) is 10.1. The Hall–Kier alpha value is -0.100. The Kier molecular flexibility index (Phi) is 5.48. The summed E-state index contributed by atoms with van der Waals surface area (Å²) in [7, 11) is 0. The van der Waals surface area contributed by atoms with Gasteiger partial charge < -0.3 is 5.32 Å². The van der Waals surface area contributed by atoms with Crippen molar-refractivity contribution in [3.63, 3.8) is 0 Å². The molecule has 0 saturated heterocycles. The normalized spacial score (nSPS) is 12.6. The van der Waals surface area contributed by atoms with Crippen LogP contribution in [-0.4, -0.2) is 6.54 Å². The Bertz CT molecular complexity index is 512. The van der Waals surface area contributed by atoms with E-state index in [-0.39, 0.29) is 0 Å². The molecule has 4 heteroatoms. The minimum atomic E-state index is 0.361. The summed E-state index contributed by atoms with van der Waals surface area (Å²) in [5, 5.41) is 3.54. The second-order valence-corrected chi connectivity index (χ2v) is 7.12. The molecule has 96 valence electrons. The van der Waals surface area contributed by atoms with Crippen LogP contribution >= 0.6 is 45.5 Å². The molecule has 1 nitrogen and oxygen atoms in total. The van der Waals surface area contributed by atoms with E-state index in [2.05, 4.69) is 65.2 Å². The molecule has 0 saturated carbocycles. The fourth-order valence-corrected chi connectivity index (χ4v) is 3.64. The lowest BCUT2D eigenvalue weighted by Crippen LogP contribution is -2.22. The van der Waals surface area contributed by atoms with Gasteiger partial charge in [0.15, 0.2) is 0 Å². The van der Waals surface area contributed by atoms with E-state index in [9.17, 15) is 0 Å². The maximum Gasteiger partial charge on any atom is 0.0931 e. The van der Waals surface area contributed by atoms with Crippen LogP contribution in [0.4, 0.5) is 0 Å². The van der Waals surface area contributed by atoms with E-state index < -0.39 is 0 Å². The molecule has 1 heterocycles. The summed E-state index contributed by atoms with van der Waals surface area (Å²) in [6, 6.07) is 13.1. The largest absolute Gasteiger partial charge is 0.310 e. The van der Waals surface area contributed by atoms with Crippen molar-refractivity contribution in [2.45, 2.75) is 19.4 Å². The number of halogens is 2. The van der Waals surface area contributed by atoms with Gasteiger partial charge in [-0.3, -0.25) is 0 Å².